The molecule has 156 valence electrons. The van der Waals surface area contributed by atoms with Crippen molar-refractivity contribution in [1.29, 1.82) is 0 Å². The first-order valence-electron chi connectivity index (χ1n) is 10.6. The maximum atomic E-state index is 13.2. The molecule has 0 spiro atoms. The van der Waals surface area contributed by atoms with Crippen LogP contribution in [0.15, 0.2) is 53.6 Å². The summed E-state index contributed by atoms with van der Waals surface area (Å²) in [5.74, 6) is 0.0208. The number of para-hydroxylation sites is 2. The Bertz CT molecular complexity index is 1300. The van der Waals surface area contributed by atoms with E-state index in [0.29, 0.717) is 22.2 Å². The lowest BCUT2D eigenvalue weighted by Crippen LogP contribution is -2.33. The van der Waals surface area contributed by atoms with E-state index in [0.717, 1.165) is 36.8 Å². The molecule has 7 nitrogen and oxygen atoms in total. The third-order valence-corrected chi connectivity index (χ3v) is 5.79. The third-order valence-electron chi connectivity index (χ3n) is 5.79. The van der Waals surface area contributed by atoms with Crippen molar-refractivity contribution in [1.82, 2.24) is 20.0 Å². The van der Waals surface area contributed by atoms with Gasteiger partial charge in [0.05, 0.1) is 17.2 Å². The highest BCUT2D eigenvalue weighted by Crippen LogP contribution is 2.28. The Kier molecular flexibility index (Phi) is 4.86. The highest BCUT2D eigenvalue weighted by molar-refractivity contribution is 6.10. The van der Waals surface area contributed by atoms with Crippen LogP contribution >= 0.6 is 0 Å². The number of carbonyl (C=O) groups is 1. The minimum atomic E-state index is -0.219. The van der Waals surface area contributed by atoms with Crippen molar-refractivity contribution in [3.8, 4) is 0 Å². The standard InChI is InChI=1S/C24H24N6O/c1-15-10-12-16(13-11-15)14-26-30-22(25)20(24(31)27-17-6-2-3-7-17)21-23(30)29-19-9-5-4-8-18(19)28-21/h4-5,8-14,17H,2-3,6-7,25H2,1H3,(H,27,31)/b26-14-. The quantitative estimate of drug-likeness (QED) is 0.495. The van der Waals surface area contributed by atoms with Crippen LogP contribution in [0.4, 0.5) is 5.82 Å². The van der Waals surface area contributed by atoms with Crippen molar-refractivity contribution in [3.63, 3.8) is 0 Å². The topological polar surface area (TPSA) is 98.2 Å². The maximum Gasteiger partial charge on any atom is 0.257 e. The Hall–Kier alpha value is -3.74. The van der Waals surface area contributed by atoms with E-state index in [4.69, 9.17) is 15.7 Å². The number of nitrogens with one attached hydrogen (secondary N) is 1. The van der Waals surface area contributed by atoms with E-state index in [2.05, 4.69) is 10.4 Å². The molecule has 5 rings (SSSR count). The summed E-state index contributed by atoms with van der Waals surface area (Å²) in [7, 11) is 0. The SMILES string of the molecule is Cc1ccc(/C=N\n2c(N)c(C(=O)NC3CCCC3)c3nc4ccccc4nc32)cc1. The van der Waals surface area contributed by atoms with E-state index in [1.54, 1.807) is 6.21 Å². The summed E-state index contributed by atoms with van der Waals surface area (Å²) in [5.41, 5.74) is 11.3. The number of nitrogen functional groups attached to an aromatic ring is 1. The summed E-state index contributed by atoms with van der Waals surface area (Å²) < 4.78 is 1.51. The van der Waals surface area contributed by atoms with Gasteiger partial charge in [-0.25, -0.2) is 9.97 Å². The van der Waals surface area contributed by atoms with Gasteiger partial charge in [-0.3, -0.25) is 4.79 Å². The summed E-state index contributed by atoms with van der Waals surface area (Å²) in [5, 5.41) is 7.68. The van der Waals surface area contributed by atoms with Crippen LogP contribution in [-0.2, 0) is 0 Å². The molecule has 3 N–H and O–H groups in total. The number of nitrogens with two attached hydrogens (primary N) is 1. The smallest absolute Gasteiger partial charge is 0.257 e. The van der Waals surface area contributed by atoms with Crippen molar-refractivity contribution in [2.75, 3.05) is 5.73 Å². The number of hydrogen-bond donors (Lipinski definition) is 2. The molecule has 31 heavy (non-hydrogen) atoms. The summed E-state index contributed by atoms with van der Waals surface area (Å²) in [4.78, 5) is 22.6. The van der Waals surface area contributed by atoms with E-state index in [1.807, 2.05) is 55.5 Å². The normalized spacial score (nSPS) is 14.7. The second kappa shape index (κ2) is 7.83. The van der Waals surface area contributed by atoms with Gasteiger partial charge in [-0.15, -0.1) is 0 Å². The third kappa shape index (κ3) is 3.63. The van der Waals surface area contributed by atoms with Crippen LogP contribution in [0.25, 0.3) is 22.2 Å². The monoisotopic (exact) mass is 412 g/mol. The zero-order valence-corrected chi connectivity index (χ0v) is 17.4. The van der Waals surface area contributed by atoms with Gasteiger partial charge in [0.2, 0.25) is 0 Å². The lowest BCUT2D eigenvalue weighted by molar-refractivity contribution is 0.0940. The Morgan fingerprint density at radius 3 is 2.48 bits per heavy atom. The van der Waals surface area contributed by atoms with Crippen LogP contribution in [0, 0.1) is 6.92 Å². The Labute approximate surface area is 180 Å². The number of aromatic nitrogens is 3. The minimum Gasteiger partial charge on any atom is -0.383 e. The van der Waals surface area contributed by atoms with Crippen LogP contribution in [0.1, 0.15) is 47.2 Å². The molecule has 2 aromatic carbocycles. The molecule has 0 bridgehead atoms. The fraction of sp³-hybridized carbons (Fsp3) is 0.250. The number of nitrogens with zero attached hydrogens (tertiary/aromatic N) is 4. The van der Waals surface area contributed by atoms with E-state index in [-0.39, 0.29) is 17.8 Å². The lowest BCUT2D eigenvalue weighted by Gasteiger charge is -2.11. The molecule has 0 aliphatic heterocycles. The zero-order chi connectivity index (χ0) is 21.4. The maximum absolute atomic E-state index is 13.2. The Morgan fingerprint density at radius 1 is 1.10 bits per heavy atom. The average Bonchev–Trinajstić information content (AvgIpc) is 3.37. The molecule has 1 aliphatic rings. The van der Waals surface area contributed by atoms with Crippen molar-refractivity contribution in [3.05, 3.63) is 65.2 Å². The molecule has 0 saturated heterocycles. The molecule has 0 atom stereocenters. The van der Waals surface area contributed by atoms with E-state index < -0.39 is 0 Å². The number of anilines is 1. The summed E-state index contributed by atoms with van der Waals surface area (Å²) in [6.07, 6.45) is 5.96. The van der Waals surface area contributed by atoms with Gasteiger partial charge in [0.1, 0.15) is 16.9 Å². The van der Waals surface area contributed by atoms with Crippen LogP contribution < -0.4 is 11.1 Å². The largest absolute Gasteiger partial charge is 0.383 e. The number of hydrogen-bond acceptors (Lipinski definition) is 5. The number of rotatable bonds is 4. The van der Waals surface area contributed by atoms with E-state index >= 15 is 0 Å². The van der Waals surface area contributed by atoms with Crippen molar-refractivity contribution in [2.45, 2.75) is 38.6 Å². The zero-order valence-electron chi connectivity index (χ0n) is 17.4. The molecule has 4 aromatic rings. The molecule has 0 unspecified atom stereocenters. The molecule has 0 radical (unpaired) electrons. The highest BCUT2D eigenvalue weighted by Gasteiger charge is 2.26. The molecule has 1 fully saturated rings. The number of fused-ring (bicyclic) bond motifs is 2. The second-order valence-corrected chi connectivity index (χ2v) is 8.07. The predicted octanol–water partition coefficient (Wildman–Crippen LogP) is 4.03. The van der Waals surface area contributed by atoms with Gasteiger partial charge in [-0.1, -0.05) is 54.8 Å². The Morgan fingerprint density at radius 2 is 1.77 bits per heavy atom. The van der Waals surface area contributed by atoms with Gasteiger partial charge < -0.3 is 11.1 Å². The number of aryl methyl sites for hydroxylation is 1. The van der Waals surface area contributed by atoms with Crippen LogP contribution in [0.3, 0.4) is 0 Å². The number of benzene rings is 2. The Balaban J connectivity index is 1.64. The fourth-order valence-corrected chi connectivity index (χ4v) is 4.09. The highest BCUT2D eigenvalue weighted by atomic mass is 16.1. The number of amides is 1. The van der Waals surface area contributed by atoms with Gasteiger partial charge in [0, 0.05) is 6.04 Å². The first-order valence-corrected chi connectivity index (χ1v) is 10.6. The fourth-order valence-electron chi connectivity index (χ4n) is 4.09. The van der Waals surface area contributed by atoms with Crippen molar-refractivity contribution >= 4 is 40.1 Å². The lowest BCUT2D eigenvalue weighted by atomic mass is 10.2. The van der Waals surface area contributed by atoms with E-state index in [1.165, 1.54) is 10.2 Å². The summed E-state index contributed by atoms with van der Waals surface area (Å²) in [6.45, 7) is 2.04. The molecule has 1 amide bonds. The molecular formula is C24H24N6O. The van der Waals surface area contributed by atoms with Crippen LogP contribution in [0.5, 0.6) is 0 Å². The molecule has 2 aromatic heterocycles. The van der Waals surface area contributed by atoms with Crippen LogP contribution in [0.2, 0.25) is 0 Å². The molecule has 1 saturated carbocycles. The van der Waals surface area contributed by atoms with Crippen LogP contribution in [-0.4, -0.2) is 32.8 Å². The van der Waals surface area contributed by atoms with Crippen molar-refractivity contribution in [2.24, 2.45) is 5.10 Å². The molecular weight excluding hydrogens is 388 g/mol. The second-order valence-electron chi connectivity index (χ2n) is 8.07. The molecule has 2 heterocycles. The van der Waals surface area contributed by atoms with Gasteiger partial charge in [0.25, 0.3) is 5.91 Å². The van der Waals surface area contributed by atoms with Gasteiger partial charge in [-0.2, -0.15) is 9.78 Å². The molecule has 7 heteroatoms. The van der Waals surface area contributed by atoms with Gasteiger partial charge >= 0.3 is 0 Å². The average molecular weight is 412 g/mol. The minimum absolute atomic E-state index is 0.176. The first kappa shape index (κ1) is 19.2. The predicted molar refractivity (Wildman–Crippen MR) is 123 cm³/mol. The van der Waals surface area contributed by atoms with Gasteiger partial charge in [-0.05, 0) is 37.5 Å². The molecule has 1 aliphatic carbocycles. The van der Waals surface area contributed by atoms with Gasteiger partial charge in [0.15, 0.2) is 5.65 Å². The van der Waals surface area contributed by atoms with Crippen molar-refractivity contribution < 1.29 is 4.79 Å². The van der Waals surface area contributed by atoms with E-state index in [9.17, 15) is 4.79 Å². The number of carbonyl (C=O) groups excluding carboxylic acids is 1. The first-order chi connectivity index (χ1) is 15.1. The summed E-state index contributed by atoms with van der Waals surface area (Å²) >= 11 is 0. The summed E-state index contributed by atoms with van der Waals surface area (Å²) in [6, 6.07) is 15.7.